The molecule has 0 atom stereocenters. The van der Waals surface area contributed by atoms with Crippen LogP contribution in [0, 0.1) is 0 Å². The number of benzene rings is 2. The van der Waals surface area contributed by atoms with Crippen LogP contribution in [-0.4, -0.2) is 20.0 Å². The van der Waals surface area contributed by atoms with Crippen molar-refractivity contribution in [2.24, 2.45) is 0 Å². The molecule has 1 aliphatic rings. The van der Waals surface area contributed by atoms with Crippen molar-refractivity contribution < 1.29 is 4.79 Å². The fourth-order valence-corrected chi connectivity index (χ4v) is 2.92. The van der Waals surface area contributed by atoms with Crippen LogP contribution in [0.25, 0.3) is 0 Å². The number of nitrogens with zero attached hydrogens (tertiary/aromatic N) is 1. The first-order valence-electron chi connectivity index (χ1n) is 8.22. The van der Waals surface area contributed by atoms with E-state index in [0.29, 0.717) is 6.42 Å². The van der Waals surface area contributed by atoms with Gasteiger partial charge in [-0.1, -0.05) is 42.5 Å². The van der Waals surface area contributed by atoms with Gasteiger partial charge >= 0.3 is 0 Å². The molecule has 0 spiro atoms. The second-order valence-corrected chi connectivity index (χ2v) is 6.56. The molecule has 1 amide bonds. The van der Waals surface area contributed by atoms with E-state index in [9.17, 15) is 4.79 Å². The predicted octanol–water partition coefficient (Wildman–Crippen LogP) is 3.49. The summed E-state index contributed by atoms with van der Waals surface area (Å²) >= 11 is 0. The molecule has 0 radical (unpaired) electrons. The van der Waals surface area contributed by atoms with Gasteiger partial charge in [-0.2, -0.15) is 0 Å². The summed E-state index contributed by atoms with van der Waals surface area (Å²) in [5.41, 5.74) is 3.51. The van der Waals surface area contributed by atoms with Crippen molar-refractivity contribution in [3.8, 4) is 0 Å². The van der Waals surface area contributed by atoms with Crippen LogP contribution < -0.4 is 10.2 Å². The molecule has 0 aliphatic heterocycles. The van der Waals surface area contributed by atoms with Gasteiger partial charge in [-0.15, -0.1) is 0 Å². The summed E-state index contributed by atoms with van der Waals surface area (Å²) in [6.45, 7) is 0. The Hall–Kier alpha value is -2.29. The number of hydrogen-bond acceptors (Lipinski definition) is 2. The lowest BCUT2D eigenvalue weighted by Crippen LogP contribution is -2.34. The van der Waals surface area contributed by atoms with Crippen LogP contribution in [0.2, 0.25) is 0 Å². The molecule has 1 fully saturated rings. The minimum Gasteiger partial charge on any atom is -0.378 e. The SMILES string of the molecule is CN(C)c1ccc(CCC(=O)NC2(c3ccccc3)CC2)cc1. The number of nitrogens with one attached hydrogen (secondary N) is 1. The monoisotopic (exact) mass is 308 g/mol. The molecule has 0 saturated heterocycles. The van der Waals surface area contributed by atoms with Gasteiger partial charge in [0, 0.05) is 26.2 Å². The summed E-state index contributed by atoms with van der Waals surface area (Å²) in [5.74, 6) is 0.142. The van der Waals surface area contributed by atoms with E-state index in [1.165, 1.54) is 16.8 Å². The first kappa shape index (κ1) is 15.6. The Kier molecular flexibility index (Phi) is 4.37. The van der Waals surface area contributed by atoms with Gasteiger partial charge < -0.3 is 10.2 Å². The van der Waals surface area contributed by atoms with E-state index in [0.717, 1.165) is 19.3 Å². The molecule has 1 aliphatic carbocycles. The summed E-state index contributed by atoms with van der Waals surface area (Å²) < 4.78 is 0. The molecule has 3 rings (SSSR count). The summed E-state index contributed by atoms with van der Waals surface area (Å²) in [5, 5.41) is 3.24. The molecule has 1 N–H and O–H groups in total. The van der Waals surface area contributed by atoms with Gasteiger partial charge in [0.2, 0.25) is 5.91 Å². The second kappa shape index (κ2) is 6.45. The molecule has 3 nitrogen and oxygen atoms in total. The lowest BCUT2D eigenvalue weighted by Gasteiger charge is -2.18. The van der Waals surface area contributed by atoms with Gasteiger partial charge in [0.05, 0.1) is 5.54 Å². The largest absolute Gasteiger partial charge is 0.378 e. The van der Waals surface area contributed by atoms with Crippen LogP contribution >= 0.6 is 0 Å². The maximum atomic E-state index is 12.3. The minimum atomic E-state index is -0.104. The molecular weight excluding hydrogens is 284 g/mol. The predicted molar refractivity (Wildman–Crippen MR) is 94.6 cm³/mol. The average Bonchev–Trinajstić information content (AvgIpc) is 3.35. The topological polar surface area (TPSA) is 32.3 Å². The minimum absolute atomic E-state index is 0.104. The highest BCUT2D eigenvalue weighted by Gasteiger charge is 2.45. The van der Waals surface area contributed by atoms with Crippen molar-refractivity contribution in [2.75, 3.05) is 19.0 Å². The third-order valence-electron chi connectivity index (χ3n) is 4.55. The van der Waals surface area contributed by atoms with Crippen molar-refractivity contribution in [3.05, 3.63) is 65.7 Å². The standard InChI is InChI=1S/C20H24N2O/c1-22(2)18-11-8-16(9-12-18)10-13-19(23)21-20(14-15-20)17-6-4-3-5-7-17/h3-9,11-12H,10,13-15H2,1-2H3,(H,21,23). The number of rotatable bonds is 6. The van der Waals surface area contributed by atoms with Crippen molar-refractivity contribution in [2.45, 2.75) is 31.2 Å². The normalized spacial score (nSPS) is 15.0. The van der Waals surface area contributed by atoms with Crippen LogP contribution in [-0.2, 0) is 16.8 Å². The van der Waals surface area contributed by atoms with E-state index in [1.54, 1.807) is 0 Å². The zero-order chi connectivity index (χ0) is 16.3. The van der Waals surface area contributed by atoms with Crippen molar-refractivity contribution in [1.82, 2.24) is 5.32 Å². The molecule has 0 aromatic heterocycles. The van der Waals surface area contributed by atoms with Crippen LogP contribution in [0.1, 0.15) is 30.4 Å². The number of carbonyl (C=O) groups excluding carboxylic acids is 1. The fourth-order valence-electron chi connectivity index (χ4n) is 2.92. The quantitative estimate of drug-likeness (QED) is 0.886. The molecule has 23 heavy (non-hydrogen) atoms. The maximum Gasteiger partial charge on any atom is 0.221 e. The van der Waals surface area contributed by atoms with Crippen molar-refractivity contribution >= 4 is 11.6 Å². The number of hydrogen-bond donors (Lipinski definition) is 1. The first-order chi connectivity index (χ1) is 11.1. The second-order valence-electron chi connectivity index (χ2n) is 6.56. The highest BCUT2D eigenvalue weighted by atomic mass is 16.1. The van der Waals surface area contributed by atoms with Crippen LogP contribution in [0.5, 0.6) is 0 Å². The number of carbonyl (C=O) groups is 1. The van der Waals surface area contributed by atoms with Gasteiger partial charge in [0.15, 0.2) is 0 Å². The molecule has 0 unspecified atom stereocenters. The van der Waals surface area contributed by atoms with Crippen LogP contribution in [0.3, 0.4) is 0 Å². The van der Waals surface area contributed by atoms with Gasteiger partial charge in [-0.3, -0.25) is 4.79 Å². The van der Waals surface area contributed by atoms with Crippen molar-refractivity contribution in [1.29, 1.82) is 0 Å². The summed E-state index contributed by atoms with van der Waals surface area (Å²) in [6.07, 6.45) is 3.40. The Morgan fingerprint density at radius 3 is 2.26 bits per heavy atom. The Bertz CT molecular complexity index is 658. The smallest absolute Gasteiger partial charge is 0.221 e. The van der Waals surface area contributed by atoms with Crippen LogP contribution in [0.15, 0.2) is 54.6 Å². The van der Waals surface area contributed by atoms with E-state index >= 15 is 0 Å². The summed E-state index contributed by atoms with van der Waals surface area (Å²) in [7, 11) is 4.06. The van der Waals surface area contributed by atoms with E-state index < -0.39 is 0 Å². The molecular formula is C20H24N2O. The zero-order valence-corrected chi connectivity index (χ0v) is 13.9. The van der Waals surface area contributed by atoms with Crippen molar-refractivity contribution in [3.63, 3.8) is 0 Å². The molecule has 2 aromatic carbocycles. The molecule has 120 valence electrons. The third-order valence-corrected chi connectivity index (χ3v) is 4.55. The summed E-state index contributed by atoms with van der Waals surface area (Å²) in [6, 6.07) is 18.7. The highest BCUT2D eigenvalue weighted by molar-refractivity contribution is 5.78. The first-order valence-corrected chi connectivity index (χ1v) is 8.22. The zero-order valence-electron chi connectivity index (χ0n) is 13.9. The van der Waals surface area contributed by atoms with E-state index in [4.69, 9.17) is 0 Å². The fraction of sp³-hybridized carbons (Fsp3) is 0.350. The van der Waals surface area contributed by atoms with E-state index in [2.05, 4.69) is 46.6 Å². The Balaban J connectivity index is 1.54. The lowest BCUT2D eigenvalue weighted by molar-refractivity contribution is -0.122. The van der Waals surface area contributed by atoms with Crippen LogP contribution in [0.4, 0.5) is 5.69 Å². The molecule has 2 aromatic rings. The maximum absolute atomic E-state index is 12.3. The number of aryl methyl sites for hydroxylation is 1. The van der Waals surface area contributed by atoms with E-state index in [-0.39, 0.29) is 11.4 Å². The molecule has 0 bridgehead atoms. The number of anilines is 1. The van der Waals surface area contributed by atoms with Gasteiger partial charge in [-0.25, -0.2) is 0 Å². The highest BCUT2D eigenvalue weighted by Crippen LogP contribution is 2.45. The Morgan fingerprint density at radius 1 is 1.04 bits per heavy atom. The third kappa shape index (κ3) is 3.73. The molecule has 0 heterocycles. The lowest BCUT2D eigenvalue weighted by atomic mass is 10.0. The summed E-state index contributed by atoms with van der Waals surface area (Å²) in [4.78, 5) is 14.4. The van der Waals surface area contributed by atoms with Gasteiger partial charge in [-0.05, 0) is 42.5 Å². The Morgan fingerprint density at radius 2 is 1.70 bits per heavy atom. The average molecular weight is 308 g/mol. The van der Waals surface area contributed by atoms with Gasteiger partial charge in [0.25, 0.3) is 0 Å². The van der Waals surface area contributed by atoms with Gasteiger partial charge in [0.1, 0.15) is 0 Å². The molecule has 3 heteroatoms. The Labute approximate surface area is 138 Å². The van der Waals surface area contributed by atoms with E-state index in [1.807, 2.05) is 32.3 Å². The molecule has 1 saturated carbocycles. The number of amides is 1.